The van der Waals surface area contributed by atoms with Crippen LogP contribution in [0.2, 0.25) is 5.02 Å². The highest BCUT2D eigenvalue weighted by Crippen LogP contribution is 2.18. The van der Waals surface area contributed by atoms with E-state index in [1.807, 2.05) is 49.4 Å². The lowest BCUT2D eigenvalue weighted by Crippen LogP contribution is -2.35. The van der Waals surface area contributed by atoms with Crippen LogP contribution in [-0.2, 0) is 17.8 Å². The van der Waals surface area contributed by atoms with E-state index in [2.05, 4.69) is 10.2 Å². The molecular formula is C21H25ClN2O2. The summed E-state index contributed by atoms with van der Waals surface area (Å²) in [6, 6.07) is 13.6. The summed E-state index contributed by atoms with van der Waals surface area (Å²) in [7, 11) is 0. The number of amides is 1. The predicted octanol–water partition coefficient (Wildman–Crippen LogP) is 3.79. The quantitative estimate of drug-likeness (QED) is 0.839. The molecule has 1 amide bonds. The van der Waals surface area contributed by atoms with Gasteiger partial charge in [0, 0.05) is 30.3 Å². The first-order valence-corrected chi connectivity index (χ1v) is 9.41. The number of benzene rings is 2. The fourth-order valence-corrected chi connectivity index (χ4v) is 3.49. The Kier molecular flexibility index (Phi) is 6.30. The maximum absolute atomic E-state index is 12.3. The first-order chi connectivity index (χ1) is 12.5. The van der Waals surface area contributed by atoms with E-state index < -0.39 is 0 Å². The van der Waals surface area contributed by atoms with E-state index in [1.165, 1.54) is 5.56 Å². The second-order valence-electron chi connectivity index (χ2n) is 7.00. The molecule has 0 aliphatic carbocycles. The van der Waals surface area contributed by atoms with Gasteiger partial charge in [-0.1, -0.05) is 29.8 Å². The SMILES string of the molecule is Cc1cc(Cl)ccc1CC(=O)Nc1ccc(CN2CCC(O)CC2)cc1. The molecule has 0 radical (unpaired) electrons. The van der Waals surface area contributed by atoms with Gasteiger partial charge in [-0.2, -0.15) is 0 Å². The maximum atomic E-state index is 12.3. The first-order valence-electron chi connectivity index (χ1n) is 9.04. The highest BCUT2D eigenvalue weighted by atomic mass is 35.5. The van der Waals surface area contributed by atoms with Crippen molar-refractivity contribution < 1.29 is 9.90 Å². The Morgan fingerprint density at radius 3 is 2.54 bits per heavy atom. The number of halogens is 1. The van der Waals surface area contributed by atoms with E-state index >= 15 is 0 Å². The lowest BCUT2D eigenvalue weighted by atomic mass is 10.1. The van der Waals surface area contributed by atoms with E-state index in [0.717, 1.165) is 49.3 Å². The number of aliphatic hydroxyl groups is 1. The molecule has 1 saturated heterocycles. The Labute approximate surface area is 159 Å². The highest BCUT2D eigenvalue weighted by Gasteiger charge is 2.16. The molecule has 0 unspecified atom stereocenters. The van der Waals surface area contributed by atoms with Crippen molar-refractivity contribution in [3.8, 4) is 0 Å². The van der Waals surface area contributed by atoms with E-state index in [4.69, 9.17) is 11.6 Å². The number of piperidine rings is 1. The summed E-state index contributed by atoms with van der Waals surface area (Å²) < 4.78 is 0. The van der Waals surface area contributed by atoms with Gasteiger partial charge < -0.3 is 10.4 Å². The second-order valence-corrected chi connectivity index (χ2v) is 7.44. The molecule has 1 fully saturated rings. The van der Waals surface area contributed by atoms with Crippen LogP contribution in [0, 0.1) is 6.92 Å². The number of carbonyl (C=O) groups is 1. The lowest BCUT2D eigenvalue weighted by Gasteiger charge is -2.29. The second kappa shape index (κ2) is 8.67. The molecule has 5 heteroatoms. The third kappa shape index (κ3) is 5.31. The van der Waals surface area contributed by atoms with Crippen molar-refractivity contribution in [1.29, 1.82) is 0 Å². The van der Waals surface area contributed by atoms with Gasteiger partial charge in [-0.25, -0.2) is 0 Å². The van der Waals surface area contributed by atoms with Gasteiger partial charge in [-0.15, -0.1) is 0 Å². The number of aryl methyl sites for hydroxylation is 1. The maximum Gasteiger partial charge on any atom is 0.228 e. The molecular weight excluding hydrogens is 348 g/mol. The Hall–Kier alpha value is -1.88. The van der Waals surface area contributed by atoms with Crippen LogP contribution in [0.4, 0.5) is 5.69 Å². The smallest absolute Gasteiger partial charge is 0.228 e. The number of nitrogens with zero attached hydrogens (tertiary/aromatic N) is 1. The summed E-state index contributed by atoms with van der Waals surface area (Å²) in [4.78, 5) is 14.6. The van der Waals surface area contributed by atoms with Crippen LogP contribution in [0.25, 0.3) is 0 Å². The average Bonchev–Trinajstić information content (AvgIpc) is 2.61. The topological polar surface area (TPSA) is 52.6 Å². The molecule has 1 aliphatic heterocycles. The molecule has 1 heterocycles. The summed E-state index contributed by atoms with van der Waals surface area (Å²) in [5, 5.41) is 13.2. The number of carbonyl (C=O) groups excluding carboxylic acids is 1. The summed E-state index contributed by atoms with van der Waals surface area (Å²) >= 11 is 5.96. The van der Waals surface area contributed by atoms with Crippen LogP contribution in [0.1, 0.15) is 29.5 Å². The molecule has 2 aromatic carbocycles. The van der Waals surface area contributed by atoms with Gasteiger partial charge in [0.2, 0.25) is 5.91 Å². The number of nitrogens with one attached hydrogen (secondary N) is 1. The van der Waals surface area contributed by atoms with Gasteiger partial charge in [0.25, 0.3) is 0 Å². The van der Waals surface area contributed by atoms with Crippen molar-refractivity contribution in [3.63, 3.8) is 0 Å². The average molecular weight is 373 g/mol. The fourth-order valence-electron chi connectivity index (χ4n) is 3.26. The number of likely N-dealkylation sites (tertiary alicyclic amines) is 1. The minimum atomic E-state index is -0.145. The fraction of sp³-hybridized carbons (Fsp3) is 0.381. The van der Waals surface area contributed by atoms with Gasteiger partial charge in [0.15, 0.2) is 0 Å². The van der Waals surface area contributed by atoms with Crippen LogP contribution >= 0.6 is 11.6 Å². The number of aliphatic hydroxyl groups excluding tert-OH is 1. The van der Waals surface area contributed by atoms with E-state index in [0.29, 0.717) is 11.4 Å². The first kappa shape index (κ1) is 18.9. The zero-order valence-corrected chi connectivity index (χ0v) is 15.8. The molecule has 2 N–H and O–H groups in total. The summed E-state index contributed by atoms with van der Waals surface area (Å²) in [5.74, 6) is -0.0341. The van der Waals surface area contributed by atoms with Crippen LogP contribution < -0.4 is 5.32 Å². The van der Waals surface area contributed by atoms with Crippen LogP contribution in [-0.4, -0.2) is 35.1 Å². The molecule has 26 heavy (non-hydrogen) atoms. The van der Waals surface area contributed by atoms with Gasteiger partial charge in [0.05, 0.1) is 12.5 Å². The Bertz CT molecular complexity index is 753. The normalized spacial score (nSPS) is 15.8. The molecule has 3 rings (SSSR count). The number of hydrogen-bond acceptors (Lipinski definition) is 3. The molecule has 4 nitrogen and oxygen atoms in total. The Morgan fingerprint density at radius 2 is 1.88 bits per heavy atom. The largest absolute Gasteiger partial charge is 0.393 e. The highest BCUT2D eigenvalue weighted by molar-refractivity contribution is 6.30. The molecule has 0 atom stereocenters. The van der Waals surface area contributed by atoms with Crippen LogP contribution in [0.5, 0.6) is 0 Å². The number of rotatable bonds is 5. The third-order valence-corrected chi connectivity index (χ3v) is 5.09. The van der Waals surface area contributed by atoms with Crippen LogP contribution in [0.3, 0.4) is 0 Å². The third-order valence-electron chi connectivity index (χ3n) is 4.86. The molecule has 1 aliphatic rings. The van der Waals surface area contributed by atoms with Gasteiger partial charge >= 0.3 is 0 Å². The Balaban J connectivity index is 1.52. The molecule has 138 valence electrons. The van der Waals surface area contributed by atoms with E-state index in [-0.39, 0.29) is 12.0 Å². The molecule has 2 aromatic rings. The van der Waals surface area contributed by atoms with E-state index in [1.54, 1.807) is 0 Å². The zero-order chi connectivity index (χ0) is 18.5. The number of hydrogen-bond donors (Lipinski definition) is 2. The van der Waals surface area contributed by atoms with Gasteiger partial charge in [-0.05, 0) is 60.7 Å². The monoisotopic (exact) mass is 372 g/mol. The van der Waals surface area contributed by atoms with Crippen molar-refractivity contribution in [1.82, 2.24) is 4.90 Å². The van der Waals surface area contributed by atoms with Crippen LogP contribution in [0.15, 0.2) is 42.5 Å². The summed E-state index contributed by atoms with van der Waals surface area (Å²) in [6.45, 7) is 4.70. The van der Waals surface area contributed by atoms with Crippen molar-refractivity contribution in [2.75, 3.05) is 18.4 Å². The lowest BCUT2D eigenvalue weighted by molar-refractivity contribution is -0.115. The predicted molar refractivity (Wildman–Crippen MR) is 105 cm³/mol. The van der Waals surface area contributed by atoms with Crippen molar-refractivity contribution >= 4 is 23.2 Å². The molecule has 0 saturated carbocycles. The van der Waals surface area contributed by atoms with Crippen molar-refractivity contribution in [2.45, 2.75) is 38.8 Å². The minimum absolute atomic E-state index is 0.0341. The number of anilines is 1. The zero-order valence-electron chi connectivity index (χ0n) is 15.0. The summed E-state index contributed by atoms with van der Waals surface area (Å²) in [5.41, 5.74) is 4.03. The molecule has 0 spiro atoms. The van der Waals surface area contributed by atoms with Crippen molar-refractivity contribution in [2.24, 2.45) is 0 Å². The minimum Gasteiger partial charge on any atom is -0.393 e. The molecule has 0 bridgehead atoms. The Morgan fingerprint density at radius 1 is 1.19 bits per heavy atom. The van der Waals surface area contributed by atoms with Crippen molar-refractivity contribution in [3.05, 3.63) is 64.2 Å². The summed E-state index contributed by atoms with van der Waals surface area (Å²) in [6.07, 6.45) is 1.88. The van der Waals surface area contributed by atoms with Gasteiger partial charge in [-0.3, -0.25) is 9.69 Å². The molecule has 0 aromatic heterocycles. The van der Waals surface area contributed by atoms with E-state index in [9.17, 15) is 9.90 Å². The van der Waals surface area contributed by atoms with Gasteiger partial charge in [0.1, 0.15) is 0 Å². The standard InChI is InChI=1S/C21H25ClN2O2/c1-15-12-18(22)5-4-17(15)13-21(26)23-19-6-2-16(3-7-19)14-24-10-8-20(25)9-11-24/h2-7,12,20,25H,8-11,13-14H2,1H3,(H,23,26).